The highest BCUT2D eigenvalue weighted by atomic mass is 15.0. The first-order valence-corrected chi connectivity index (χ1v) is 18.1. The minimum Gasteiger partial charge on any atom is -0.309 e. The largest absolute Gasteiger partial charge is 0.309 e. The molecule has 1 aliphatic carbocycles. The van der Waals surface area contributed by atoms with Gasteiger partial charge >= 0.3 is 0 Å². The summed E-state index contributed by atoms with van der Waals surface area (Å²) >= 11 is 0. The standard InChI is InChI=1S/C51H33N/c1-5-15-34(16-6-1)39-29-31-47-49-43(39)27-28-44-40(30-32-48(50(44)49)52(47)38-21-11-4-12-22-38)35-25-26-42-41-23-13-14-24-45(41)51(46(42)33-35,36-17-7-2-8-18-36)37-19-9-3-10-20-37/h1-33H. The summed E-state index contributed by atoms with van der Waals surface area (Å²) in [6.07, 6.45) is 0. The van der Waals surface area contributed by atoms with Gasteiger partial charge < -0.3 is 4.57 Å². The molecule has 0 saturated carbocycles. The molecule has 11 rings (SSSR count). The van der Waals surface area contributed by atoms with Gasteiger partial charge in [0.25, 0.3) is 0 Å². The predicted octanol–water partition coefficient (Wildman–Crippen LogP) is 13.1. The van der Waals surface area contributed by atoms with Crippen LogP contribution in [0.15, 0.2) is 200 Å². The molecule has 0 fully saturated rings. The fourth-order valence-electron chi connectivity index (χ4n) is 9.35. The molecule has 1 heteroatoms. The van der Waals surface area contributed by atoms with E-state index in [-0.39, 0.29) is 0 Å². The van der Waals surface area contributed by atoms with Crippen LogP contribution in [0.25, 0.3) is 71.6 Å². The molecule has 1 aliphatic rings. The second-order valence-electron chi connectivity index (χ2n) is 14.0. The van der Waals surface area contributed by atoms with Crippen LogP contribution in [0, 0.1) is 0 Å². The summed E-state index contributed by atoms with van der Waals surface area (Å²) in [4.78, 5) is 0. The summed E-state index contributed by atoms with van der Waals surface area (Å²) in [6.45, 7) is 0. The van der Waals surface area contributed by atoms with Crippen molar-refractivity contribution in [3.8, 4) is 39.1 Å². The van der Waals surface area contributed by atoms with Gasteiger partial charge in [0.1, 0.15) is 0 Å². The summed E-state index contributed by atoms with van der Waals surface area (Å²) in [5.74, 6) is 0. The highest BCUT2D eigenvalue weighted by Crippen LogP contribution is 2.57. The van der Waals surface area contributed by atoms with Gasteiger partial charge in [0.2, 0.25) is 0 Å². The Labute approximate surface area is 303 Å². The molecule has 0 N–H and O–H groups in total. The Morgan fingerprint density at radius 1 is 0.327 bits per heavy atom. The number of fused-ring (bicyclic) bond motifs is 3. The van der Waals surface area contributed by atoms with Crippen molar-refractivity contribution in [2.24, 2.45) is 0 Å². The molecule has 1 heterocycles. The van der Waals surface area contributed by atoms with Crippen molar-refractivity contribution in [2.75, 3.05) is 0 Å². The van der Waals surface area contributed by atoms with Crippen LogP contribution in [0.1, 0.15) is 22.3 Å². The molecule has 0 bridgehead atoms. The van der Waals surface area contributed by atoms with Gasteiger partial charge in [-0.05, 0) is 96.7 Å². The number of para-hydroxylation sites is 1. The quantitative estimate of drug-likeness (QED) is 0.162. The molecule has 0 atom stereocenters. The minimum absolute atomic E-state index is 0.442. The van der Waals surface area contributed by atoms with E-state index in [1.807, 2.05) is 0 Å². The normalized spacial score (nSPS) is 13.2. The number of rotatable bonds is 5. The number of nitrogens with zero attached hydrogens (tertiary/aromatic N) is 1. The highest BCUT2D eigenvalue weighted by Gasteiger charge is 2.46. The summed E-state index contributed by atoms with van der Waals surface area (Å²) < 4.78 is 2.44. The molecule has 0 spiro atoms. The van der Waals surface area contributed by atoms with Gasteiger partial charge in [-0.1, -0.05) is 170 Å². The predicted molar refractivity (Wildman–Crippen MR) is 218 cm³/mol. The number of hydrogen-bond donors (Lipinski definition) is 0. The number of hydrogen-bond acceptors (Lipinski definition) is 0. The first-order chi connectivity index (χ1) is 25.8. The number of aromatic nitrogens is 1. The average molecular weight is 660 g/mol. The van der Waals surface area contributed by atoms with E-state index in [2.05, 4.69) is 205 Å². The molecule has 1 aromatic heterocycles. The van der Waals surface area contributed by atoms with Crippen molar-refractivity contribution >= 4 is 32.6 Å². The molecule has 242 valence electrons. The monoisotopic (exact) mass is 659 g/mol. The maximum Gasteiger partial charge on any atom is 0.0713 e. The minimum atomic E-state index is -0.442. The molecule has 1 nitrogen and oxygen atoms in total. The first kappa shape index (κ1) is 29.1. The van der Waals surface area contributed by atoms with Crippen molar-refractivity contribution in [3.63, 3.8) is 0 Å². The van der Waals surface area contributed by atoms with Crippen molar-refractivity contribution < 1.29 is 0 Å². The summed E-state index contributed by atoms with van der Waals surface area (Å²) in [7, 11) is 0. The molecule has 0 aliphatic heterocycles. The van der Waals surface area contributed by atoms with Crippen LogP contribution in [-0.4, -0.2) is 4.57 Å². The van der Waals surface area contributed by atoms with Crippen molar-refractivity contribution in [1.82, 2.24) is 4.57 Å². The van der Waals surface area contributed by atoms with Crippen LogP contribution in [-0.2, 0) is 5.41 Å². The Balaban J connectivity index is 1.21. The van der Waals surface area contributed by atoms with E-state index in [0.29, 0.717) is 0 Å². The summed E-state index contributed by atoms with van der Waals surface area (Å²) in [5, 5.41) is 5.18. The lowest BCUT2D eigenvalue weighted by molar-refractivity contribution is 0.769. The zero-order valence-corrected chi connectivity index (χ0v) is 28.5. The lowest BCUT2D eigenvalue weighted by Crippen LogP contribution is -2.28. The Morgan fingerprint density at radius 2 is 0.808 bits per heavy atom. The van der Waals surface area contributed by atoms with Crippen molar-refractivity contribution in [2.45, 2.75) is 5.41 Å². The molecule has 9 aromatic carbocycles. The molecule has 0 unspecified atom stereocenters. The molecule has 10 aromatic rings. The molecule has 0 saturated heterocycles. The van der Waals surface area contributed by atoms with Crippen LogP contribution in [0.2, 0.25) is 0 Å². The van der Waals surface area contributed by atoms with Gasteiger partial charge in [0.05, 0.1) is 16.4 Å². The maximum atomic E-state index is 2.49. The van der Waals surface area contributed by atoms with Gasteiger partial charge in [0, 0.05) is 16.5 Å². The van der Waals surface area contributed by atoms with Gasteiger partial charge in [0.15, 0.2) is 0 Å². The molecular formula is C51H33N. The van der Waals surface area contributed by atoms with Crippen LogP contribution < -0.4 is 0 Å². The Bertz CT molecular complexity index is 2880. The zero-order valence-electron chi connectivity index (χ0n) is 28.5. The van der Waals surface area contributed by atoms with E-state index in [9.17, 15) is 0 Å². The van der Waals surface area contributed by atoms with Crippen molar-refractivity contribution in [3.05, 3.63) is 222 Å². The van der Waals surface area contributed by atoms with E-state index < -0.39 is 5.41 Å². The van der Waals surface area contributed by atoms with Gasteiger partial charge in [-0.15, -0.1) is 0 Å². The smallest absolute Gasteiger partial charge is 0.0713 e. The number of benzene rings is 9. The Morgan fingerprint density at radius 3 is 1.42 bits per heavy atom. The first-order valence-electron chi connectivity index (χ1n) is 18.1. The van der Waals surface area contributed by atoms with E-state index >= 15 is 0 Å². The topological polar surface area (TPSA) is 4.93 Å². The summed E-state index contributed by atoms with van der Waals surface area (Å²) in [6, 6.07) is 74.0. The van der Waals surface area contributed by atoms with E-state index in [1.165, 1.54) is 93.9 Å². The second kappa shape index (κ2) is 11.2. The molecular weight excluding hydrogens is 627 g/mol. The molecule has 0 radical (unpaired) electrons. The fraction of sp³-hybridized carbons (Fsp3) is 0.0196. The zero-order chi connectivity index (χ0) is 34.2. The fourth-order valence-corrected chi connectivity index (χ4v) is 9.35. The van der Waals surface area contributed by atoms with Gasteiger partial charge in [-0.3, -0.25) is 0 Å². The third kappa shape index (κ3) is 3.94. The van der Waals surface area contributed by atoms with Gasteiger partial charge in [-0.2, -0.15) is 0 Å². The highest BCUT2D eigenvalue weighted by molar-refractivity contribution is 6.28. The molecule has 0 amide bonds. The van der Waals surface area contributed by atoms with Crippen LogP contribution >= 0.6 is 0 Å². The van der Waals surface area contributed by atoms with E-state index in [1.54, 1.807) is 0 Å². The van der Waals surface area contributed by atoms with Crippen LogP contribution in [0.5, 0.6) is 0 Å². The second-order valence-corrected chi connectivity index (χ2v) is 14.0. The molecule has 52 heavy (non-hydrogen) atoms. The SMILES string of the molecule is c1ccc(-c2ccc3c4c2ccc2c(-c5ccc6c(c5)C(c5ccccc5)(c5ccccc5)c5ccccc5-6)ccc(c24)n3-c2ccccc2)cc1. The lowest BCUT2D eigenvalue weighted by atomic mass is 9.67. The van der Waals surface area contributed by atoms with E-state index in [0.717, 1.165) is 0 Å². The average Bonchev–Trinajstić information content (AvgIpc) is 3.72. The maximum absolute atomic E-state index is 2.49. The van der Waals surface area contributed by atoms with Crippen molar-refractivity contribution in [1.29, 1.82) is 0 Å². The lowest BCUT2D eigenvalue weighted by Gasteiger charge is -2.34. The van der Waals surface area contributed by atoms with Crippen LogP contribution in [0.4, 0.5) is 0 Å². The Hall–Kier alpha value is -6.70. The third-order valence-electron chi connectivity index (χ3n) is 11.5. The third-order valence-corrected chi connectivity index (χ3v) is 11.5. The van der Waals surface area contributed by atoms with Crippen LogP contribution in [0.3, 0.4) is 0 Å². The summed E-state index contributed by atoms with van der Waals surface area (Å²) in [5.41, 5.74) is 16.0. The van der Waals surface area contributed by atoms with Gasteiger partial charge in [-0.25, -0.2) is 0 Å². The Kier molecular flexibility index (Phi) is 6.23. The van der Waals surface area contributed by atoms with E-state index in [4.69, 9.17) is 0 Å².